The van der Waals surface area contributed by atoms with Gasteiger partial charge in [-0.1, -0.05) is 0 Å². The molecule has 0 bridgehead atoms. The molecule has 1 saturated heterocycles. The van der Waals surface area contributed by atoms with E-state index in [1.54, 1.807) is 11.3 Å². The standard InChI is InChI=1S/C14H23N3OS.2ClH/c1-15-12-5-4-7-17(10-12)14(18)13-11(6-8-19-13)9-16(2)3;;/h6,8,12,15H,4-5,7,9-10H2,1-3H3;2*1H. The summed E-state index contributed by atoms with van der Waals surface area (Å²) < 4.78 is 0. The van der Waals surface area contributed by atoms with Crippen molar-refractivity contribution in [3.05, 3.63) is 21.9 Å². The number of thiophene rings is 1. The molecule has 7 heteroatoms. The van der Waals surface area contributed by atoms with Crippen LogP contribution >= 0.6 is 36.2 Å². The maximum atomic E-state index is 12.6. The summed E-state index contributed by atoms with van der Waals surface area (Å²) in [6.45, 7) is 2.54. The van der Waals surface area contributed by atoms with Gasteiger partial charge in [0.1, 0.15) is 0 Å². The predicted molar refractivity (Wildman–Crippen MR) is 94.2 cm³/mol. The summed E-state index contributed by atoms with van der Waals surface area (Å²) in [4.78, 5) is 17.6. The Morgan fingerprint density at radius 1 is 1.48 bits per heavy atom. The van der Waals surface area contributed by atoms with Crippen molar-refractivity contribution in [1.29, 1.82) is 0 Å². The highest BCUT2D eigenvalue weighted by molar-refractivity contribution is 7.12. The van der Waals surface area contributed by atoms with Gasteiger partial charge in [-0.3, -0.25) is 4.79 Å². The number of likely N-dealkylation sites (tertiary alicyclic amines) is 1. The van der Waals surface area contributed by atoms with Crippen LogP contribution in [0.25, 0.3) is 0 Å². The number of nitrogens with one attached hydrogen (secondary N) is 1. The summed E-state index contributed by atoms with van der Waals surface area (Å²) in [6.07, 6.45) is 2.25. The molecule has 21 heavy (non-hydrogen) atoms. The van der Waals surface area contributed by atoms with Crippen LogP contribution in [0.5, 0.6) is 0 Å². The number of likely N-dealkylation sites (N-methyl/N-ethyl adjacent to an activating group) is 1. The van der Waals surface area contributed by atoms with Gasteiger partial charge in [0, 0.05) is 25.7 Å². The first-order valence-corrected chi connectivity index (χ1v) is 7.67. The fourth-order valence-corrected chi connectivity index (χ4v) is 3.41. The zero-order chi connectivity index (χ0) is 13.8. The molecule has 1 amide bonds. The van der Waals surface area contributed by atoms with E-state index < -0.39 is 0 Å². The van der Waals surface area contributed by atoms with Crippen molar-refractivity contribution in [2.45, 2.75) is 25.4 Å². The summed E-state index contributed by atoms with van der Waals surface area (Å²) in [5.74, 6) is 0.201. The molecule has 1 aliphatic heterocycles. The Morgan fingerprint density at radius 2 is 2.19 bits per heavy atom. The fourth-order valence-electron chi connectivity index (χ4n) is 2.53. The third-order valence-corrected chi connectivity index (χ3v) is 4.49. The molecule has 1 N–H and O–H groups in total. The summed E-state index contributed by atoms with van der Waals surface area (Å²) >= 11 is 1.56. The van der Waals surface area contributed by atoms with Crippen LogP contribution in [0.15, 0.2) is 11.4 Å². The van der Waals surface area contributed by atoms with Crippen LogP contribution in [0.4, 0.5) is 0 Å². The monoisotopic (exact) mass is 353 g/mol. The first kappa shape index (κ1) is 20.7. The summed E-state index contributed by atoms with van der Waals surface area (Å²) in [7, 11) is 6.04. The van der Waals surface area contributed by atoms with E-state index in [0.717, 1.165) is 42.9 Å². The van der Waals surface area contributed by atoms with Gasteiger partial charge < -0.3 is 15.1 Å². The molecule has 1 aromatic rings. The van der Waals surface area contributed by atoms with Crippen LogP contribution in [0.2, 0.25) is 0 Å². The summed E-state index contributed by atoms with van der Waals surface area (Å²) in [5.41, 5.74) is 1.14. The highest BCUT2D eigenvalue weighted by atomic mass is 35.5. The van der Waals surface area contributed by atoms with Gasteiger partial charge in [-0.15, -0.1) is 36.2 Å². The van der Waals surface area contributed by atoms with Gasteiger partial charge >= 0.3 is 0 Å². The number of carbonyl (C=O) groups is 1. The average molecular weight is 354 g/mol. The van der Waals surface area contributed by atoms with Crippen molar-refractivity contribution < 1.29 is 4.79 Å². The Balaban J connectivity index is 0.00000200. The van der Waals surface area contributed by atoms with Crippen molar-refractivity contribution in [2.75, 3.05) is 34.2 Å². The van der Waals surface area contributed by atoms with Crippen molar-refractivity contribution in [1.82, 2.24) is 15.1 Å². The van der Waals surface area contributed by atoms with Gasteiger partial charge in [0.2, 0.25) is 0 Å². The van der Waals surface area contributed by atoms with Gasteiger partial charge in [-0.05, 0) is 51.0 Å². The molecule has 1 atom stereocenters. The smallest absolute Gasteiger partial charge is 0.264 e. The molecule has 1 fully saturated rings. The molecule has 2 rings (SSSR count). The Bertz CT molecular complexity index is 440. The number of hydrogen-bond acceptors (Lipinski definition) is 4. The number of nitrogens with zero attached hydrogens (tertiary/aromatic N) is 2. The lowest BCUT2D eigenvalue weighted by molar-refractivity contribution is 0.0701. The van der Waals surface area contributed by atoms with Crippen molar-refractivity contribution in [3.8, 4) is 0 Å². The molecule has 0 spiro atoms. The van der Waals surface area contributed by atoms with Crippen LogP contribution in [0.1, 0.15) is 28.1 Å². The second-order valence-corrected chi connectivity index (χ2v) is 6.31. The normalized spacial score (nSPS) is 18.1. The molecule has 0 saturated carbocycles. The van der Waals surface area contributed by atoms with E-state index >= 15 is 0 Å². The third-order valence-electron chi connectivity index (χ3n) is 3.54. The lowest BCUT2D eigenvalue weighted by Crippen LogP contribution is -2.47. The van der Waals surface area contributed by atoms with E-state index in [1.165, 1.54) is 0 Å². The van der Waals surface area contributed by atoms with E-state index in [9.17, 15) is 4.79 Å². The average Bonchev–Trinajstić information content (AvgIpc) is 2.85. The highest BCUT2D eigenvalue weighted by Crippen LogP contribution is 2.22. The van der Waals surface area contributed by atoms with Crippen LogP contribution in [0, 0.1) is 0 Å². The van der Waals surface area contributed by atoms with Gasteiger partial charge in [0.25, 0.3) is 5.91 Å². The largest absolute Gasteiger partial charge is 0.336 e. The first-order valence-electron chi connectivity index (χ1n) is 6.79. The Kier molecular flexibility index (Phi) is 9.49. The number of rotatable bonds is 4. The SMILES string of the molecule is CNC1CCCN(C(=O)c2sccc2CN(C)C)C1.Cl.Cl. The third kappa shape index (κ3) is 5.42. The number of amides is 1. The molecular formula is C14H25Cl2N3OS. The van der Waals surface area contributed by atoms with Crippen molar-refractivity contribution >= 4 is 42.1 Å². The zero-order valence-corrected chi connectivity index (χ0v) is 15.2. The second-order valence-electron chi connectivity index (χ2n) is 5.39. The second kappa shape index (κ2) is 9.64. The van der Waals surface area contributed by atoms with Crippen molar-refractivity contribution in [3.63, 3.8) is 0 Å². The maximum absolute atomic E-state index is 12.6. The van der Waals surface area contributed by atoms with Gasteiger partial charge in [0.15, 0.2) is 0 Å². The Morgan fingerprint density at radius 3 is 2.81 bits per heavy atom. The van der Waals surface area contributed by atoms with Gasteiger partial charge in [-0.2, -0.15) is 0 Å². The Labute approximate surface area is 143 Å². The van der Waals surface area contributed by atoms with E-state index in [2.05, 4.69) is 16.3 Å². The van der Waals surface area contributed by atoms with Gasteiger partial charge in [0.05, 0.1) is 4.88 Å². The maximum Gasteiger partial charge on any atom is 0.264 e. The molecule has 0 aromatic carbocycles. The Hall–Kier alpha value is -0.330. The molecule has 0 radical (unpaired) electrons. The van der Waals surface area contributed by atoms with Crippen LogP contribution in [0.3, 0.4) is 0 Å². The van der Waals surface area contributed by atoms with Crippen molar-refractivity contribution in [2.24, 2.45) is 0 Å². The molecule has 2 heterocycles. The summed E-state index contributed by atoms with van der Waals surface area (Å²) in [6, 6.07) is 2.51. The first-order chi connectivity index (χ1) is 9.11. The quantitative estimate of drug-likeness (QED) is 0.902. The molecule has 4 nitrogen and oxygen atoms in total. The van der Waals surface area contributed by atoms with E-state index in [0.29, 0.717) is 6.04 Å². The molecule has 1 unspecified atom stereocenters. The van der Waals surface area contributed by atoms with E-state index in [-0.39, 0.29) is 30.7 Å². The van der Waals surface area contributed by atoms with Crippen LogP contribution < -0.4 is 5.32 Å². The van der Waals surface area contributed by atoms with E-state index in [1.807, 2.05) is 31.4 Å². The number of hydrogen-bond donors (Lipinski definition) is 1. The minimum absolute atomic E-state index is 0. The number of piperidine rings is 1. The zero-order valence-electron chi connectivity index (χ0n) is 12.8. The molecule has 0 aliphatic carbocycles. The molecule has 122 valence electrons. The summed E-state index contributed by atoms with van der Waals surface area (Å²) in [5, 5.41) is 5.30. The lowest BCUT2D eigenvalue weighted by atomic mass is 10.1. The van der Waals surface area contributed by atoms with Crippen LogP contribution in [-0.4, -0.2) is 56.0 Å². The number of halogens is 2. The minimum Gasteiger partial charge on any atom is -0.336 e. The fraction of sp³-hybridized carbons (Fsp3) is 0.643. The highest BCUT2D eigenvalue weighted by Gasteiger charge is 2.25. The minimum atomic E-state index is 0. The molecular weight excluding hydrogens is 329 g/mol. The predicted octanol–water partition coefficient (Wildman–Crippen LogP) is 2.48. The number of carbonyl (C=O) groups excluding carboxylic acids is 1. The molecule has 1 aliphatic rings. The van der Waals surface area contributed by atoms with Crippen LogP contribution in [-0.2, 0) is 6.54 Å². The lowest BCUT2D eigenvalue weighted by Gasteiger charge is -2.32. The molecule has 1 aromatic heterocycles. The topological polar surface area (TPSA) is 35.6 Å². The van der Waals surface area contributed by atoms with Gasteiger partial charge in [-0.25, -0.2) is 0 Å². The van der Waals surface area contributed by atoms with E-state index in [4.69, 9.17) is 0 Å².